The molecule has 5 rings (SSSR count). The number of aryl methyl sites for hydroxylation is 1. The number of fused-ring (bicyclic) bond motifs is 1. The maximum absolute atomic E-state index is 13.3. The number of aromatic nitrogens is 5. The number of amides is 1. The standard InChI is InChI=1S/C21H25FN8O2/c1-13-7-30-12-17(27-21(32-2)19(30)25-13)26-20(31)16-5-24-18(6-23-16)29-9-14(10-29)8-28-4-3-15(22)11-28/h5-7,12,14-15H,3-4,8-11H2,1-2H3,(H,26,31)/t15-/m1/s1. The van der Waals surface area contributed by atoms with Gasteiger partial charge in [0.25, 0.3) is 11.8 Å². The third-order valence-corrected chi connectivity index (χ3v) is 5.85. The first-order valence-electron chi connectivity index (χ1n) is 10.6. The molecule has 0 unspecified atom stereocenters. The van der Waals surface area contributed by atoms with Gasteiger partial charge >= 0.3 is 0 Å². The van der Waals surface area contributed by atoms with E-state index in [2.05, 4.69) is 35.1 Å². The highest BCUT2D eigenvalue weighted by Crippen LogP contribution is 2.25. The lowest BCUT2D eigenvalue weighted by Crippen LogP contribution is -2.51. The minimum atomic E-state index is -0.682. The van der Waals surface area contributed by atoms with Crippen molar-refractivity contribution in [1.29, 1.82) is 0 Å². The van der Waals surface area contributed by atoms with Crippen molar-refractivity contribution < 1.29 is 13.9 Å². The average molecular weight is 440 g/mol. The zero-order valence-electron chi connectivity index (χ0n) is 18.0. The number of ether oxygens (including phenoxy) is 1. The first-order valence-corrected chi connectivity index (χ1v) is 10.6. The van der Waals surface area contributed by atoms with Crippen LogP contribution in [0.1, 0.15) is 22.6 Å². The summed E-state index contributed by atoms with van der Waals surface area (Å²) < 4.78 is 20.4. The van der Waals surface area contributed by atoms with E-state index >= 15 is 0 Å². The number of likely N-dealkylation sites (tertiary alicyclic amines) is 1. The van der Waals surface area contributed by atoms with Gasteiger partial charge < -0.3 is 15.0 Å². The van der Waals surface area contributed by atoms with Gasteiger partial charge in [-0.2, -0.15) is 4.98 Å². The Morgan fingerprint density at radius 1 is 1.22 bits per heavy atom. The molecule has 5 heterocycles. The first kappa shape index (κ1) is 20.6. The summed E-state index contributed by atoms with van der Waals surface area (Å²) in [5.74, 6) is 1.47. The SMILES string of the molecule is COc1nc(NC(=O)c2cnc(N3CC(CN4CC[C@@H](F)C4)C3)cn2)cn2cc(C)nc12. The highest BCUT2D eigenvalue weighted by molar-refractivity contribution is 6.02. The number of nitrogens with zero attached hydrogens (tertiary/aromatic N) is 7. The van der Waals surface area contributed by atoms with E-state index in [-0.39, 0.29) is 5.69 Å². The molecule has 10 nitrogen and oxygen atoms in total. The zero-order chi connectivity index (χ0) is 22.2. The molecule has 168 valence electrons. The lowest BCUT2D eigenvalue weighted by molar-refractivity contribution is 0.102. The zero-order valence-corrected chi connectivity index (χ0v) is 18.0. The lowest BCUT2D eigenvalue weighted by atomic mass is 10.00. The molecule has 2 saturated heterocycles. The monoisotopic (exact) mass is 440 g/mol. The average Bonchev–Trinajstić information content (AvgIpc) is 3.34. The van der Waals surface area contributed by atoms with Gasteiger partial charge in [0.05, 0.1) is 31.4 Å². The van der Waals surface area contributed by atoms with Crippen LogP contribution in [0.15, 0.2) is 24.8 Å². The predicted octanol–water partition coefficient (Wildman–Crippen LogP) is 1.57. The second-order valence-electron chi connectivity index (χ2n) is 8.38. The fourth-order valence-electron chi connectivity index (χ4n) is 4.26. The van der Waals surface area contributed by atoms with E-state index in [4.69, 9.17) is 4.74 Å². The minimum Gasteiger partial charge on any atom is -0.478 e. The summed E-state index contributed by atoms with van der Waals surface area (Å²) in [5, 5.41) is 2.73. The quantitative estimate of drug-likeness (QED) is 0.617. The Morgan fingerprint density at radius 3 is 2.75 bits per heavy atom. The van der Waals surface area contributed by atoms with Crippen molar-refractivity contribution in [3.63, 3.8) is 0 Å². The molecule has 3 aromatic heterocycles. The van der Waals surface area contributed by atoms with E-state index < -0.39 is 12.1 Å². The summed E-state index contributed by atoms with van der Waals surface area (Å²) >= 11 is 0. The Kier molecular flexibility index (Phi) is 5.33. The summed E-state index contributed by atoms with van der Waals surface area (Å²) in [6.07, 6.45) is 6.52. The van der Waals surface area contributed by atoms with Crippen LogP contribution in [-0.2, 0) is 0 Å². The number of imidazole rings is 1. The Morgan fingerprint density at radius 2 is 2.06 bits per heavy atom. The van der Waals surface area contributed by atoms with Gasteiger partial charge in [0.2, 0.25) is 5.65 Å². The minimum absolute atomic E-state index is 0.194. The van der Waals surface area contributed by atoms with Crippen molar-refractivity contribution in [3.8, 4) is 5.88 Å². The molecular formula is C21H25FN8O2. The topological polar surface area (TPSA) is 101 Å². The van der Waals surface area contributed by atoms with E-state index in [9.17, 15) is 9.18 Å². The van der Waals surface area contributed by atoms with Crippen LogP contribution in [0.2, 0.25) is 0 Å². The van der Waals surface area contributed by atoms with Crippen LogP contribution >= 0.6 is 0 Å². The van der Waals surface area contributed by atoms with Gasteiger partial charge in [0.1, 0.15) is 17.7 Å². The number of halogens is 1. The number of alkyl halides is 1. The number of carbonyl (C=O) groups is 1. The molecule has 1 amide bonds. The Bertz CT molecular complexity index is 1130. The van der Waals surface area contributed by atoms with Crippen LogP contribution in [0.25, 0.3) is 5.65 Å². The van der Waals surface area contributed by atoms with E-state index in [0.29, 0.717) is 36.2 Å². The molecule has 11 heteroatoms. The van der Waals surface area contributed by atoms with Gasteiger partial charge in [-0.25, -0.2) is 19.3 Å². The fraction of sp³-hybridized carbons (Fsp3) is 0.476. The maximum atomic E-state index is 13.3. The van der Waals surface area contributed by atoms with Gasteiger partial charge in [-0.05, 0) is 13.3 Å². The molecule has 3 aromatic rings. The third kappa shape index (κ3) is 4.07. The highest BCUT2D eigenvalue weighted by Gasteiger charge is 2.32. The van der Waals surface area contributed by atoms with Crippen molar-refractivity contribution in [2.75, 3.05) is 50.1 Å². The van der Waals surface area contributed by atoms with E-state index in [1.807, 2.05) is 13.1 Å². The predicted molar refractivity (Wildman–Crippen MR) is 116 cm³/mol. The smallest absolute Gasteiger partial charge is 0.277 e. The molecule has 0 bridgehead atoms. The van der Waals surface area contributed by atoms with Crippen molar-refractivity contribution in [3.05, 3.63) is 36.2 Å². The Labute approximate surface area is 184 Å². The summed E-state index contributed by atoms with van der Waals surface area (Å²) in [7, 11) is 1.51. The van der Waals surface area contributed by atoms with Gasteiger partial charge in [0, 0.05) is 44.8 Å². The second-order valence-corrected chi connectivity index (χ2v) is 8.38. The molecule has 0 saturated carbocycles. The number of nitrogens with one attached hydrogen (secondary N) is 1. The molecule has 1 atom stereocenters. The number of carbonyl (C=O) groups excluding carboxylic acids is 1. The molecule has 2 fully saturated rings. The van der Waals surface area contributed by atoms with Crippen LogP contribution in [0.3, 0.4) is 0 Å². The summed E-state index contributed by atoms with van der Waals surface area (Å²) in [5.41, 5.74) is 1.59. The van der Waals surface area contributed by atoms with Gasteiger partial charge in [0.15, 0.2) is 5.82 Å². The van der Waals surface area contributed by atoms with E-state index in [1.54, 1.807) is 16.8 Å². The maximum Gasteiger partial charge on any atom is 0.277 e. The van der Waals surface area contributed by atoms with Crippen LogP contribution in [0.4, 0.5) is 16.0 Å². The van der Waals surface area contributed by atoms with Gasteiger partial charge in [-0.1, -0.05) is 0 Å². The Hall–Kier alpha value is -3.34. The van der Waals surface area contributed by atoms with Crippen LogP contribution in [-0.4, -0.2) is 81.1 Å². The molecule has 0 aliphatic carbocycles. The molecule has 1 N–H and O–H groups in total. The number of anilines is 2. The Balaban J connectivity index is 1.19. The van der Waals surface area contributed by atoms with E-state index in [0.717, 1.165) is 37.7 Å². The van der Waals surface area contributed by atoms with Gasteiger partial charge in [-0.15, -0.1) is 0 Å². The van der Waals surface area contributed by atoms with Crippen molar-refractivity contribution in [2.24, 2.45) is 5.92 Å². The molecular weight excluding hydrogens is 415 g/mol. The fourth-order valence-corrected chi connectivity index (χ4v) is 4.26. The van der Waals surface area contributed by atoms with Crippen molar-refractivity contribution in [1.82, 2.24) is 29.2 Å². The van der Waals surface area contributed by atoms with Crippen LogP contribution < -0.4 is 15.0 Å². The summed E-state index contributed by atoms with van der Waals surface area (Å²) in [6.45, 7) is 5.91. The highest BCUT2D eigenvalue weighted by atomic mass is 19.1. The lowest BCUT2D eigenvalue weighted by Gasteiger charge is -2.41. The first-order chi connectivity index (χ1) is 15.5. The molecule has 0 spiro atoms. The van der Waals surface area contributed by atoms with Crippen LogP contribution in [0.5, 0.6) is 5.88 Å². The molecule has 2 aliphatic heterocycles. The summed E-state index contributed by atoms with van der Waals surface area (Å²) in [4.78, 5) is 34.3. The number of hydrogen-bond acceptors (Lipinski definition) is 8. The van der Waals surface area contributed by atoms with Crippen molar-refractivity contribution >= 4 is 23.2 Å². The number of hydrogen-bond donors (Lipinski definition) is 1. The molecule has 2 aliphatic rings. The second kappa shape index (κ2) is 8.30. The molecule has 0 aromatic carbocycles. The molecule has 0 radical (unpaired) electrons. The molecule has 32 heavy (non-hydrogen) atoms. The van der Waals surface area contributed by atoms with Crippen LogP contribution in [0, 0.1) is 12.8 Å². The largest absolute Gasteiger partial charge is 0.478 e. The number of rotatable bonds is 6. The normalized spacial score (nSPS) is 19.3. The van der Waals surface area contributed by atoms with Gasteiger partial charge in [-0.3, -0.25) is 14.1 Å². The summed E-state index contributed by atoms with van der Waals surface area (Å²) in [6, 6.07) is 0. The number of methoxy groups -OCH3 is 1. The van der Waals surface area contributed by atoms with E-state index in [1.165, 1.54) is 13.3 Å². The third-order valence-electron chi connectivity index (χ3n) is 5.85. The van der Waals surface area contributed by atoms with Crippen molar-refractivity contribution in [2.45, 2.75) is 19.5 Å².